The van der Waals surface area contributed by atoms with E-state index in [2.05, 4.69) is 5.32 Å². The lowest BCUT2D eigenvalue weighted by molar-refractivity contribution is -0.115. The number of primary amides is 1. The maximum atomic E-state index is 11.6. The second-order valence-corrected chi connectivity index (χ2v) is 4.64. The van der Waals surface area contributed by atoms with Gasteiger partial charge in [-0.15, -0.1) is 0 Å². The van der Waals surface area contributed by atoms with Gasteiger partial charge >= 0.3 is 0 Å². The zero-order valence-electron chi connectivity index (χ0n) is 9.60. The molecule has 6 heteroatoms. The maximum Gasteiger partial charge on any atom is 0.277 e. The van der Waals surface area contributed by atoms with Crippen LogP contribution >= 0.6 is 11.8 Å². The van der Waals surface area contributed by atoms with E-state index in [1.807, 2.05) is 0 Å². The highest BCUT2D eigenvalue weighted by atomic mass is 32.2. The summed E-state index contributed by atoms with van der Waals surface area (Å²) < 4.78 is 5.00. The van der Waals surface area contributed by atoms with Crippen LogP contribution in [0.2, 0.25) is 0 Å². The van der Waals surface area contributed by atoms with Crippen LogP contribution in [0.5, 0.6) is 5.75 Å². The summed E-state index contributed by atoms with van der Waals surface area (Å²) in [6.45, 7) is 1.62. The van der Waals surface area contributed by atoms with E-state index in [9.17, 15) is 9.59 Å². The molecule has 0 saturated heterocycles. The quantitative estimate of drug-likeness (QED) is 0.859. The summed E-state index contributed by atoms with van der Waals surface area (Å²) in [5.74, 6) is 0.446. The normalized spacial score (nSPS) is 11.6. The van der Waals surface area contributed by atoms with Gasteiger partial charge in [0.2, 0.25) is 5.91 Å². The number of nitrogens with two attached hydrogens (primary N) is 1. The predicted molar refractivity (Wildman–Crippen MR) is 68.3 cm³/mol. The Morgan fingerprint density at radius 2 is 1.94 bits per heavy atom. The number of amides is 2. The van der Waals surface area contributed by atoms with Gasteiger partial charge < -0.3 is 15.8 Å². The van der Waals surface area contributed by atoms with Crippen molar-refractivity contribution in [1.82, 2.24) is 0 Å². The Kier molecular flexibility index (Phi) is 4.84. The number of thioether (sulfide) groups is 1. The van der Waals surface area contributed by atoms with Gasteiger partial charge in [0.1, 0.15) is 5.75 Å². The molecule has 0 spiro atoms. The van der Waals surface area contributed by atoms with Gasteiger partial charge in [-0.25, -0.2) is 0 Å². The Hall–Kier alpha value is -1.69. The van der Waals surface area contributed by atoms with Crippen LogP contribution in [0.15, 0.2) is 24.3 Å². The predicted octanol–water partition coefficient (Wildman–Crippen LogP) is 1.83. The Morgan fingerprint density at radius 1 is 1.35 bits per heavy atom. The van der Waals surface area contributed by atoms with Crippen molar-refractivity contribution in [2.45, 2.75) is 12.2 Å². The average molecular weight is 254 g/mol. The van der Waals surface area contributed by atoms with Crippen LogP contribution in [0.4, 0.5) is 10.5 Å². The molecular weight excluding hydrogens is 240 g/mol. The van der Waals surface area contributed by atoms with E-state index in [1.54, 1.807) is 38.3 Å². The van der Waals surface area contributed by atoms with Crippen molar-refractivity contribution in [3.63, 3.8) is 0 Å². The number of hydrogen-bond acceptors (Lipinski definition) is 4. The number of ether oxygens (including phenoxy) is 1. The van der Waals surface area contributed by atoms with Crippen LogP contribution in [0.3, 0.4) is 0 Å². The van der Waals surface area contributed by atoms with Gasteiger partial charge in [-0.1, -0.05) is 11.8 Å². The fourth-order valence-electron chi connectivity index (χ4n) is 1.15. The largest absolute Gasteiger partial charge is 0.497 e. The summed E-state index contributed by atoms with van der Waals surface area (Å²) in [6, 6.07) is 6.92. The first-order valence-electron chi connectivity index (χ1n) is 4.94. The van der Waals surface area contributed by atoms with Crippen molar-refractivity contribution in [2.24, 2.45) is 5.73 Å². The Bertz CT molecular complexity index is 406. The van der Waals surface area contributed by atoms with Gasteiger partial charge in [0.15, 0.2) is 0 Å². The second-order valence-electron chi connectivity index (χ2n) is 3.30. The summed E-state index contributed by atoms with van der Waals surface area (Å²) in [4.78, 5) is 22.3. The van der Waals surface area contributed by atoms with Crippen LogP contribution in [0.1, 0.15) is 6.92 Å². The van der Waals surface area contributed by atoms with E-state index in [4.69, 9.17) is 10.5 Å². The zero-order valence-corrected chi connectivity index (χ0v) is 10.4. The third-order valence-electron chi connectivity index (χ3n) is 2.02. The molecule has 0 heterocycles. The van der Waals surface area contributed by atoms with Gasteiger partial charge in [0.25, 0.3) is 5.24 Å². The van der Waals surface area contributed by atoms with E-state index < -0.39 is 10.5 Å². The molecule has 0 aliphatic carbocycles. The van der Waals surface area contributed by atoms with E-state index >= 15 is 0 Å². The second kappa shape index (κ2) is 6.15. The van der Waals surface area contributed by atoms with E-state index in [0.29, 0.717) is 11.4 Å². The van der Waals surface area contributed by atoms with Crippen molar-refractivity contribution in [1.29, 1.82) is 0 Å². The summed E-state index contributed by atoms with van der Waals surface area (Å²) in [6.07, 6.45) is 0. The summed E-state index contributed by atoms with van der Waals surface area (Å²) >= 11 is 0.792. The molecule has 1 rings (SSSR count). The van der Waals surface area contributed by atoms with Crippen LogP contribution < -0.4 is 15.8 Å². The lowest BCUT2D eigenvalue weighted by Gasteiger charge is -2.10. The number of rotatable bonds is 4. The first-order chi connectivity index (χ1) is 8.02. The highest BCUT2D eigenvalue weighted by molar-refractivity contribution is 8.14. The smallest absolute Gasteiger partial charge is 0.277 e. The molecular formula is C11H14N2O3S. The molecule has 1 unspecified atom stereocenters. The van der Waals surface area contributed by atoms with Crippen molar-refractivity contribution in [3.8, 4) is 5.75 Å². The molecule has 17 heavy (non-hydrogen) atoms. The molecule has 0 saturated carbocycles. The van der Waals surface area contributed by atoms with Crippen molar-refractivity contribution < 1.29 is 14.3 Å². The average Bonchev–Trinajstić information content (AvgIpc) is 2.29. The monoisotopic (exact) mass is 254 g/mol. The van der Waals surface area contributed by atoms with Gasteiger partial charge in [-0.05, 0) is 31.2 Å². The highest BCUT2D eigenvalue weighted by Crippen LogP contribution is 2.17. The SMILES string of the molecule is COc1ccc(NC(=O)C(C)SC(N)=O)cc1. The Balaban J connectivity index is 2.58. The molecule has 0 aromatic heterocycles. The molecule has 0 bridgehead atoms. The molecule has 92 valence electrons. The minimum Gasteiger partial charge on any atom is -0.497 e. The summed E-state index contributed by atoms with van der Waals surface area (Å²) in [5, 5.41) is 1.59. The highest BCUT2D eigenvalue weighted by Gasteiger charge is 2.16. The number of nitrogens with one attached hydrogen (secondary N) is 1. The third kappa shape index (κ3) is 4.36. The standard InChI is InChI=1S/C11H14N2O3S/c1-7(17-11(12)15)10(14)13-8-3-5-9(16-2)6-4-8/h3-7H,1-2H3,(H2,12,15)(H,13,14). The molecule has 0 aliphatic heterocycles. The minimum atomic E-state index is -0.567. The van der Waals surface area contributed by atoms with Gasteiger partial charge in [0.05, 0.1) is 12.4 Å². The van der Waals surface area contributed by atoms with Crippen molar-refractivity contribution in [2.75, 3.05) is 12.4 Å². The molecule has 5 nitrogen and oxygen atoms in total. The van der Waals surface area contributed by atoms with E-state index in [0.717, 1.165) is 11.8 Å². The first kappa shape index (κ1) is 13.4. The minimum absolute atomic E-state index is 0.265. The lowest BCUT2D eigenvalue weighted by atomic mass is 10.3. The Morgan fingerprint density at radius 3 is 2.41 bits per heavy atom. The molecule has 1 atom stereocenters. The number of carbonyl (C=O) groups excluding carboxylic acids is 2. The van der Waals surface area contributed by atoms with Crippen molar-refractivity contribution in [3.05, 3.63) is 24.3 Å². The molecule has 0 aliphatic rings. The van der Waals surface area contributed by atoms with Crippen LogP contribution in [0, 0.1) is 0 Å². The van der Waals surface area contributed by atoms with Crippen LogP contribution in [-0.2, 0) is 4.79 Å². The number of carbonyl (C=O) groups is 2. The molecule has 3 N–H and O–H groups in total. The maximum absolute atomic E-state index is 11.6. The topological polar surface area (TPSA) is 81.4 Å². The molecule has 0 radical (unpaired) electrons. The molecule has 2 amide bonds. The van der Waals surface area contributed by atoms with Crippen LogP contribution in [0.25, 0.3) is 0 Å². The number of benzene rings is 1. The third-order valence-corrected chi connectivity index (χ3v) is 2.82. The lowest BCUT2D eigenvalue weighted by Crippen LogP contribution is -2.24. The van der Waals surface area contributed by atoms with Gasteiger partial charge in [-0.2, -0.15) is 0 Å². The fourth-order valence-corrected chi connectivity index (χ4v) is 1.66. The fraction of sp³-hybridized carbons (Fsp3) is 0.273. The number of hydrogen-bond donors (Lipinski definition) is 2. The zero-order chi connectivity index (χ0) is 12.8. The van der Waals surface area contributed by atoms with E-state index in [-0.39, 0.29) is 5.91 Å². The van der Waals surface area contributed by atoms with Crippen LogP contribution in [-0.4, -0.2) is 23.5 Å². The molecule has 1 aromatic rings. The number of anilines is 1. The summed E-state index contributed by atoms with van der Waals surface area (Å²) in [5.41, 5.74) is 5.64. The van der Waals surface area contributed by atoms with Gasteiger partial charge in [0, 0.05) is 5.69 Å². The number of methoxy groups -OCH3 is 1. The Labute approximate surface area is 104 Å². The van der Waals surface area contributed by atoms with E-state index in [1.165, 1.54) is 0 Å². The molecule has 0 fully saturated rings. The van der Waals surface area contributed by atoms with Gasteiger partial charge in [-0.3, -0.25) is 9.59 Å². The summed E-state index contributed by atoms with van der Waals surface area (Å²) in [7, 11) is 1.57. The van der Waals surface area contributed by atoms with Crippen molar-refractivity contribution >= 4 is 28.6 Å². The molecule has 1 aromatic carbocycles. The first-order valence-corrected chi connectivity index (χ1v) is 5.82.